The van der Waals surface area contributed by atoms with Gasteiger partial charge in [-0.25, -0.2) is 9.42 Å². The summed E-state index contributed by atoms with van der Waals surface area (Å²) in [4.78, 5) is 9.64. The van der Waals surface area contributed by atoms with Crippen LogP contribution in [-0.4, -0.2) is 23.8 Å². The third kappa shape index (κ3) is 2.45. The molecular weight excluding hydrogens is 159 g/mol. The van der Waals surface area contributed by atoms with Gasteiger partial charge < -0.3 is 0 Å². The Hall–Kier alpha value is -0.0900. The van der Waals surface area contributed by atoms with Crippen molar-refractivity contribution < 1.29 is 9.42 Å². The Labute approximate surface area is 68.5 Å². The van der Waals surface area contributed by atoms with Gasteiger partial charge >= 0.3 is 0 Å². The van der Waals surface area contributed by atoms with Gasteiger partial charge in [0.1, 0.15) is 18.9 Å². The molecule has 2 nitrogen and oxygen atoms in total. The molecule has 11 heavy (non-hydrogen) atoms. The molecule has 0 radical (unpaired) electrons. The normalized spacial score (nSPS) is 44.9. The molecule has 0 aliphatic carbocycles. The van der Waals surface area contributed by atoms with Crippen LogP contribution in [0.25, 0.3) is 0 Å². The second kappa shape index (κ2) is 3.11. The molecule has 3 atom stereocenters. The predicted molar refractivity (Wildman–Crippen MR) is 47.4 cm³/mol. The fourth-order valence-corrected chi connectivity index (χ4v) is 3.50. The largest absolute Gasteiger partial charge is 0.270 e. The molecule has 1 heterocycles. The average molecular weight is 173 g/mol. The lowest BCUT2D eigenvalue weighted by Gasteiger charge is -2.27. The maximum atomic E-state index is 9.64. The highest BCUT2D eigenvalue weighted by molar-refractivity contribution is 7.64. The summed E-state index contributed by atoms with van der Waals surface area (Å²) in [6.07, 6.45) is 6.95. The summed E-state index contributed by atoms with van der Waals surface area (Å²) in [6.45, 7) is 3.73. The second-order valence-electron chi connectivity index (χ2n) is 3.25. The molecule has 1 N–H and O–H groups in total. The maximum absolute atomic E-state index is 9.64. The van der Waals surface area contributed by atoms with Crippen LogP contribution in [0.1, 0.15) is 13.3 Å². The van der Waals surface area contributed by atoms with Gasteiger partial charge in [0.25, 0.3) is 7.72 Å². The van der Waals surface area contributed by atoms with E-state index in [1.165, 1.54) is 0 Å². The van der Waals surface area contributed by atoms with E-state index in [9.17, 15) is 4.89 Å². The molecule has 0 aromatic heterocycles. The molecule has 0 saturated carbocycles. The van der Waals surface area contributed by atoms with Crippen LogP contribution >= 0.6 is 7.72 Å². The first kappa shape index (κ1) is 9.00. The summed E-state index contributed by atoms with van der Waals surface area (Å²) in [5.41, 5.74) is 0. The Kier molecular flexibility index (Phi) is 2.54. The molecule has 0 bridgehead atoms. The van der Waals surface area contributed by atoms with Crippen molar-refractivity contribution in [3.63, 3.8) is 0 Å². The molecule has 1 aliphatic rings. The molecule has 1 rings (SSSR count). The Morgan fingerprint density at radius 1 is 1.73 bits per heavy atom. The fourth-order valence-electron chi connectivity index (χ4n) is 1.48. The zero-order valence-corrected chi connectivity index (χ0v) is 7.84. The Bertz CT molecular complexity index is 183. The van der Waals surface area contributed by atoms with Crippen LogP contribution in [0.2, 0.25) is 0 Å². The van der Waals surface area contributed by atoms with E-state index in [2.05, 4.69) is 5.92 Å². The van der Waals surface area contributed by atoms with Crippen molar-refractivity contribution in [2.24, 2.45) is 5.92 Å². The van der Waals surface area contributed by atoms with Crippen molar-refractivity contribution in [3.05, 3.63) is 0 Å². The zero-order chi connectivity index (χ0) is 8.48. The summed E-state index contributed by atoms with van der Waals surface area (Å²) in [5, 5.41) is 0. The Balaban J connectivity index is 2.60. The molecule has 0 spiro atoms. The van der Waals surface area contributed by atoms with Crippen LogP contribution in [-0.2, 0) is 4.52 Å². The van der Waals surface area contributed by atoms with Gasteiger partial charge in [-0.05, 0) is 13.3 Å². The van der Waals surface area contributed by atoms with Gasteiger partial charge in [-0.3, -0.25) is 0 Å². The minimum Gasteiger partial charge on any atom is -0.220 e. The van der Waals surface area contributed by atoms with Crippen molar-refractivity contribution in [1.82, 2.24) is 0 Å². The van der Waals surface area contributed by atoms with E-state index in [1.54, 1.807) is 6.66 Å². The quantitative estimate of drug-likeness (QED) is 0.444. The molecule has 3 unspecified atom stereocenters. The highest BCUT2D eigenvalue weighted by atomic mass is 31.2. The van der Waals surface area contributed by atoms with Crippen molar-refractivity contribution in [2.45, 2.75) is 19.4 Å². The molecule has 0 aromatic rings. The van der Waals surface area contributed by atoms with Gasteiger partial charge in [-0.2, -0.15) is 0 Å². The van der Waals surface area contributed by atoms with Crippen molar-refractivity contribution in [1.29, 1.82) is 0 Å². The topological polar surface area (TPSA) is 29.5 Å². The lowest BCUT2D eigenvalue weighted by molar-refractivity contribution is 0.168. The minimum absolute atomic E-state index is 0.119. The van der Waals surface area contributed by atoms with E-state index >= 15 is 0 Å². The van der Waals surface area contributed by atoms with E-state index in [0.29, 0.717) is 6.16 Å². The van der Waals surface area contributed by atoms with Gasteiger partial charge in [0.15, 0.2) is 0 Å². The fraction of sp³-hybridized carbons (Fsp3) is 0.750. The third-order valence-corrected chi connectivity index (χ3v) is 3.75. The molecule has 1 saturated heterocycles. The van der Waals surface area contributed by atoms with Crippen LogP contribution in [0.15, 0.2) is 0 Å². The smallest absolute Gasteiger partial charge is 0.220 e. The summed E-state index contributed by atoms with van der Waals surface area (Å²) in [6, 6.07) is 0. The van der Waals surface area contributed by atoms with Crippen LogP contribution < -0.4 is 0 Å². The van der Waals surface area contributed by atoms with E-state index in [0.717, 1.165) is 6.42 Å². The number of rotatable bonds is 0. The summed E-state index contributed by atoms with van der Waals surface area (Å²) in [7, 11) is -2.11. The van der Waals surface area contributed by atoms with Crippen molar-refractivity contribution in [2.75, 3.05) is 12.8 Å². The molecule has 1 fully saturated rings. The highest BCUT2D eigenvalue weighted by Crippen LogP contribution is 2.57. The van der Waals surface area contributed by atoms with Crippen LogP contribution in [0.5, 0.6) is 0 Å². The van der Waals surface area contributed by atoms with Crippen LogP contribution in [0, 0.1) is 18.3 Å². The van der Waals surface area contributed by atoms with E-state index in [-0.39, 0.29) is 12.0 Å². The van der Waals surface area contributed by atoms with Crippen LogP contribution in [0.3, 0.4) is 0 Å². The Morgan fingerprint density at radius 3 is 2.82 bits per heavy atom. The first-order chi connectivity index (χ1) is 5.03. The van der Waals surface area contributed by atoms with Gasteiger partial charge in [-0.15, -0.1) is 6.42 Å². The van der Waals surface area contributed by atoms with Crippen molar-refractivity contribution in [3.8, 4) is 12.3 Å². The van der Waals surface area contributed by atoms with Gasteiger partial charge in [0.05, 0.1) is 5.92 Å². The SMILES string of the molecule is C#CC1CC(C)O[P+](C)(O)C1. The van der Waals surface area contributed by atoms with Gasteiger partial charge in [0, 0.05) is 0 Å². The Morgan fingerprint density at radius 2 is 2.36 bits per heavy atom. The minimum atomic E-state index is -2.11. The molecular formula is C8H14O2P+. The molecule has 0 amide bonds. The maximum Gasteiger partial charge on any atom is 0.270 e. The van der Waals surface area contributed by atoms with E-state index < -0.39 is 7.72 Å². The number of terminal acetylenes is 1. The lowest BCUT2D eigenvalue weighted by atomic mass is 10.1. The van der Waals surface area contributed by atoms with Crippen molar-refractivity contribution >= 4 is 7.72 Å². The standard InChI is InChI=1S/C8H14O2P/c1-4-8-5-7(2)10-11(3,9)6-8/h1,7-9H,5-6H2,2-3H3/q+1. The second-order valence-corrected chi connectivity index (χ2v) is 5.93. The van der Waals surface area contributed by atoms with Gasteiger partial charge in [0.2, 0.25) is 0 Å². The summed E-state index contributed by atoms with van der Waals surface area (Å²) < 4.78 is 5.38. The first-order valence-electron chi connectivity index (χ1n) is 3.76. The number of hydrogen-bond acceptors (Lipinski definition) is 2. The summed E-state index contributed by atoms with van der Waals surface area (Å²) >= 11 is 0. The van der Waals surface area contributed by atoms with E-state index in [4.69, 9.17) is 10.9 Å². The molecule has 3 heteroatoms. The third-order valence-electron chi connectivity index (χ3n) is 1.82. The first-order valence-corrected chi connectivity index (χ1v) is 6.05. The number of hydrogen-bond donors (Lipinski definition) is 1. The average Bonchev–Trinajstić information content (AvgIpc) is 1.83. The monoisotopic (exact) mass is 173 g/mol. The molecule has 1 aliphatic heterocycles. The summed E-state index contributed by atoms with van der Waals surface area (Å²) in [5.74, 6) is 2.89. The molecule has 0 aromatic carbocycles. The highest BCUT2D eigenvalue weighted by Gasteiger charge is 2.41. The molecule has 62 valence electrons. The zero-order valence-electron chi connectivity index (χ0n) is 6.95. The van der Waals surface area contributed by atoms with E-state index in [1.807, 2.05) is 6.92 Å². The lowest BCUT2D eigenvalue weighted by Crippen LogP contribution is -2.25. The van der Waals surface area contributed by atoms with Crippen LogP contribution in [0.4, 0.5) is 0 Å². The predicted octanol–water partition coefficient (Wildman–Crippen LogP) is 1.51. The van der Waals surface area contributed by atoms with Gasteiger partial charge in [-0.1, -0.05) is 5.92 Å².